The quantitative estimate of drug-likeness (QED) is 0.801. The van der Waals surface area contributed by atoms with Gasteiger partial charge in [-0.05, 0) is 44.5 Å². The maximum atomic E-state index is 11.3. The molecule has 0 aliphatic rings. The van der Waals surface area contributed by atoms with E-state index >= 15 is 0 Å². The number of carboxylic acid groups (broad SMARTS) is 1. The smallest absolute Gasteiger partial charge is 0.337 e. The van der Waals surface area contributed by atoms with E-state index in [9.17, 15) is 9.90 Å². The number of rotatable bonds is 3. The molecule has 0 aliphatic carbocycles. The van der Waals surface area contributed by atoms with Gasteiger partial charge in [-0.1, -0.05) is 6.07 Å². The molecule has 0 bridgehead atoms. The van der Waals surface area contributed by atoms with Crippen LogP contribution in [0.3, 0.4) is 0 Å². The first-order valence-corrected chi connectivity index (χ1v) is 7.54. The molecule has 4 nitrogen and oxygen atoms in total. The molecule has 2 heterocycles. The van der Waals surface area contributed by atoms with E-state index in [0.29, 0.717) is 5.52 Å². The largest absolute Gasteiger partial charge is 0.478 e. The summed E-state index contributed by atoms with van der Waals surface area (Å²) in [7, 11) is 0. The van der Waals surface area contributed by atoms with Crippen LogP contribution >= 0.6 is 11.3 Å². The van der Waals surface area contributed by atoms with Gasteiger partial charge in [0.2, 0.25) is 0 Å². The van der Waals surface area contributed by atoms with Gasteiger partial charge in [0.1, 0.15) is 11.3 Å². The highest BCUT2D eigenvalue weighted by atomic mass is 32.1. The van der Waals surface area contributed by atoms with Gasteiger partial charge in [-0.3, -0.25) is 0 Å². The maximum absolute atomic E-state index is 11.3. The number of aromatic carboxylic acids is 1. The molecule has 1 N–H and O–H groups in total. The fourth-order valence-electron chi connectivity index (χ4n) is 2.52. The van der Waals surface area contributed by atoms with E-state index < -0.39 is 5.97 Å². The maximum Gasteiger partial charge on any atom is 0.337 e. The van der Waals surface area contributed by atoms with Crippen LogP contribution in [0.2, 0.25) is 0 Å². The number of carboxylic acids is 1. The van der Waals surface area contributed by atoms with Gasteiger partial charge in [-0.2, -0.15) is 0 Å². The Kier molecular flexibility index (Phi) is 3.29. The third-order valence-corrected chi connectivity index (χ3v) is 4.87. The van der Waals surface area contributed by atoms with Gasteiger partial charge in [0.15, 0.2) is 0 Å². The van der Waals surface area contributed by atoms with Crippen molar-refractivity contribution in [2.45, 2.75) is 27.3 Å². The normalized spacial score (nSPS) is 11.2. The van der Waals surface area contributed by atoms with Crippen molar-refractivity contribution in [1.29, 1.82) is 0 Å². The number of thiophene rings is 1. The molecule has 0 fully saturated rings. The summed E-state index contributed by atoms with van der Waals surface area (Å²) in [6, 6.07) is 7.48. The molecule has 0 saturated heterocycles. The van der Waals surface area contributed by atoms with Crippen molar-refractivity contribution in [3.8, 4) is 0 Å². The van der Waals surface area contributed by atoms with Crippen LogP contribution in [0.5, 0.6) is 0 Å². The number of para-hydroxylation sites is 1. The number of nitrogens with zero attached hydrogens (tertiary/aromatic N) is 2. The van der Waals surface area contributed by atoms with Crippen LogP contribution in [0.15, 0.2) is 24.3 Å². The first-order chi connectivity index (χ1) is 9.97. The van der Waals surface area contributed by atoms with Crippen LogP contribution in [-0.2, 0) is 6.54 Å². The van der Waals surface area contributed by atoms with E-state index in [1.54, 1.807) is 23.5 Å². The summed E-state index contributed by atoms with van der Waals surface area (Å²) < 4.78 is 2.08. The van der Waals surface area contributed by atoms with Crippen molar-refractivity contribution in [1.82, 2.24) is 9.55 Å². The van der Waals surface area contributed by atoms with Crippen LogP contribution < -0.4 is 0 Å². The molecule has 0 amide bonds. The molecule has 0 aliphatic heterocycles. The number of hydrogen-bond acceptors (Lipinski definition) is 3. The van der Waals surface area contributed by atoms with Crippen LogP contribution in [0.4, 0.5) is 0 Å². The highest BCUT2D eigenvalue weighted by molar-refractivity contribution is 7.12. The van der Waals surface area contributed by atoms with Crippen molar-refractivity contribution in [3.63, 3.8) is 0 Å². The van der Waals surface area contributed by atoms with E-state index in [1.165, 1.54) is 15.3 Å². The van der Waals surface area contributed by atoms with Crippen molar-refractivity contribution in [3.05, 3.63) is 51.0 Å². The Morgan fingerprint density at radius 1 is 1.33 bits per heavy atom. The minimum Gasteiger partial charge on any atom is -0.478 e. The Bertz CT molecular complexity index is 826. The Morgan fingerprint density at radius 3 is 2.71 bits per heavy atom. The fraction of sp³-hybridized carbons (Fsp3) is 0.250. The minimum absolute atomic E-state index is 0.257. The number of carbonyl (C=O) groups is 1. The summed E-state index contributed by atoms with van der Waals surface area (Å²) in [6.07, 6.45) is 0. The summed E-state index contributed by atoms with van der Waals surface area (Å²) in [5.41, 5.74) is 2.99. The zero-order valence-corrected chi connectivity index (χ0v) is 13.0. The molecular formula is C16H16N2O2S. The van der Waals surface area contributed by atoms with Gasteiger partial charge in [0.25, 0.3) is 0 Å². The van der Waals surface area contributed by atoms with Crippen molar-refractivity contribution in [2.75, 3.05) is 0 Å². The summed E-state index contributed by atoms with van der Waals surface area (Å²) in [5.74, 6) is -0.101. The number of fused-ring (bicyclic) bond motifs is 1. The van der Waals surface area contributed by atoms with Crippen molar-refractivity contribution < 1.29 is 9.90 Å². The number of aryl methyl sites for hydroxylation is 3. The van der Waals surface area contributed by atoms with Crippen LogP contribution in [0.25, 0.3) is 11.0 Å². The van der Waals surface area contributed by atoms with E-state index in [2.05, 4.69) is 29.5 Å². The minimum atomic E-state index is -0.937. The van der Waals surface area contributed by atoms with Gasteiger partial charge in [-0.15, -0.1) is 11.3 Å². The fourth-order valence-corrected chi connectivity index (χ4v) is 3.56. The van der Waals surface area contributed by atoms with Crippen LogP contribution in [-0.4, -0.2) is 20.6 Å². The lowest BCUT2D eigenvalue weighted by Gasteiger charge is -2.05. The molecule has 5 heteroatoms. The average Bonchev–Trinajstić information content (AvgIpc) is 2.90. The van der Waals surface area contributed by atoms with Gasteiger partial charge >= 0.3 is 5.97 Å². The lowest BCUT2D eigenvalue weighted by atomic mass is 10.2. The third-order valence-electron chi connectivity index (χ3n) is 3.73. The van der Waals surface area contributed by atoms with Gasteiger partial charge in [0, 0.05) is 9.75 Å². The Balaban J connectivity index is 2.12. The second kappa shape index (κ2) is 5.00. The summed E-state index contributed by atoms with van der Waals surface area (Å²) in [5, 5.41) is 9.27. The molecule has 3 aromatic rings. The van der Waals surface area contributed by atoms with Crippen LogP contribution in [0, 0.1) is 20.8 Å². The summed E-state index contributed by atoms with van der Waals surface area (Å²) in [4.78, 5) is 18.3. The first-order valence-electron chi connectivity index (χ1n) is 6.72. The summed E-state index contributed by atoms with van der Waals surface area (Å²) in [6.45, 7) is 6.87. The molecule has 0 spiro atoms. The summed E-state index contributed by atoms with van der Waals surface area (Å²) >= 11 is 1.78. The van der Waals surface area contributed by atoms with Gasteiger partial charge < -0.3 is 9.67 Å². The first kappa shape index (κ1) is 13.8. The number of benzene rings is 1. The molecule has 0 saturated carbocycles. The molecule has 1 aromatic carbocycles. The second-order valence-corrected chi connectivity index (χ2v) is 6.52. The van der Waals surface area contributed by atoms with Crippen LogP contribution in [0.1, 0.15) is 31.5 Å². The highest BCUT2D eigenvalue weighted by Crippen LogP contribution is 2.25. The SMILES string of the molecule is Cc1cc(Cn2c(C)nc3c(C(=O)O)cccc32)sc1C. The standard InChI is InChI=1S/C16H16N2O2S/c1-9-7-12(21-10(9)2)8-18-11(3)17-15-13(16(19)20)5-4-6-14(15)18/h4-7H,8H2,1-3H3,(H,19,20). The average molecular weight is 300 g/mol. The molecular weight excluding hydrogens is 284 g/mol. The zero-order chi connectivity index (χ0) is 15.1. The Morgan fingerprint density at radius 2 is 2.10 bits per heavy atom. The van der Waals surface area contributed by atoms with E-state index in [0.717, 1.165) is 17.9 Å². The zero-order valence-electron chi connectivity index (χ0n) is 12.2. The molecule has 0 radical (unpaired) electrons. The molecule has 21 heavy (non-hydrogen) atoms. The monoisotopic (exact) mass is 300 g/mol. The molecule has 2 aromatic heterocycles. The predicted octanol–water partition coefficient (Wildman–Crippen LogP) is 3.77. The van der Waals surface area contributed by atoms with E-state index in [4.69, 9.17) is 0 Å². The van der Waals surface area contributed by atoms with Gasteiger partial charge in [0.05, 0.1) is 17.6 Å². The highest BCUT2D eigenvalue weighted by Gasteiger charge is 2.15. The number of aromatic nitrogens is 2. The number of hydrogen-bond donors (Lipinski definition) is 1. The lowest BCUT2D eigenvalue weighted by molar-refractivity contribution is 0.0699. The molecule has 3 rings (SSSR count). The Labute approximate surface area is 126 Å². The second-order valence-electron chi connectivity index (χ2n) is 5.18. The molecule has 108 valence electrons. The number of imidazole rings is 1. The van der Waals surface area contributed by atoms with Crippen molar-refractivity contribution >= 4 is 28.3 Å². The van der Waals surface area contributed by atoms with E-state index in [-0.39, 0.29) is 5.56 Å². The topological polar surface area (TPSA) is 55.1 Å². The van der Waals surface area contributed by atoms with Crippen molar-refractivity contribution in [2.24, 2.45) is 0 Å². The molecule has 0 unspecified atom stereocenters. The third kappa shape index (κ3) is 2.34. The van der Waals surface area contributed by atoms with Gasteiger partial charge in [-0.25, -0.2) is 9.78 Å². The lowest BCUT2D eigenvalue weighted by Crippen LogP contribution is -2.01. The van der Waals surface area contributed by atoms with E-state index in [1.807, 2.05) is 13.0 Å². The molecule has 0 atom stereocenters. The Hall–Kier alpha value is -2.14. The predicted molar refractivity (Wildman–Crippen MR) is 84.3 cm³/mol.